The Morgan fingerprint density at radius 2 is 1.79 bits per heavy atom. The number of aryl methyl sites for hydroxylation is 2. The number of ketones is 1. The van der Waals surface area contributed by atoms with E-state index < -0.39 is 0 Å². The number of methoxy groups -OCH3 is 2. The van der Waals surface area contributed by atoms with Gasteiger partial charge in [-0.3, -0.25) is 4.79 Å². The minimum atomic E-state index is 0.0978. The van der Waals surface area contributed by atoms with Crippen LogP contribution in [0.2, 0.25) is 0 Å². The van der Waals surface area contributed by atoms with Crippen LogP contribution in [0, 0.1) is 13.8 Å². The minimum Gasteiger partial charge on any atom is -0.496 e. The number of benzene rings is 1. The summed E-state index contributed by atoms with van der Waals surface area (Å²) in [6, 6.07) is 3.78. The zero-order valence-electron chi connectivity index (χ0n) is 12.1. The van der Waals surface area contributed by atoms with Gasteiger partial charge in [0, 0.05) is 19.1 Å². The minimum absolute atomic E-state index is 0.0978. The van der Waals surface area contributed by atoms with Crippen molar-refractivity contribution >= 4 is 5.78 Å². The molecule has 4 heteroatoms. The molecule has 0 N–H and O–H groups in total. The van der Waals surface area contributed by atoms with Crippen LogP contribution in [0.15, 0.2) is 12.1 Å². The molecule has 1 aromatic carbocycles. The van der Waals surface area contributed by atoms with Gasteiger partial charge in [0.25, 0.3) is 0 Å². The molecule has 0 fully saturated rings. The molecule has 4 nitrogen and oxygen atoms in total. The second-order valence-electron chi connectivity index (χ2n) is 4.42. The molecule has 0 heterocycles. The van der Waals surface area contributed by atoms with Crippen molar-refractivity contribution in [1.29, 1.82) is 0 Å². The fourth-order valence-corrected chi connectivity index (χ4v) is 1.85. The molecule has 0 spiro atoms. The van der Waals surface area contributed by atoms with Gasteiger partial charge < -0.3 is 14.2 Å². The lowest BCUT2D eigenvalue weighted by Crippen LogP contribution is -2.09. The Hall–Kier alpha value is -1.39. The molecule has 1 aromatic rings. The number of rotatable bonds is 8. The van der Waals surface area contributed by atoms with E-state index in [-0.39, 0.29) is 5.78 Å². The average molecular weight is 266 g/mol. The molecule has 0 amide bonds. The van der Waals surface area contributed by atoms with Crippen LogP contribution in [0.3, 0.4) is 0 Å². The summed E-state index contributed by atoms with van der Waals surface area (Å²) in [6.07, 6.45) is 0.385. The smallest absolute Gasteiger partial charge is 0.165 e. The summed E-state index contributed by atoms with van der Waals surface area (Å²) in [4.78, 5) is 12.1. The van der Waals surface area contributed by atoms with Crippen molar-refractivity contribution in [3.8, 4) is 5.75 Å². The van der Waals surface area contributed by atoms with E-state index in [0.717, 1.165) is 22.4 Å². The molecule has 19 heavy (non-hydrogen) atoms. The Balaban J connectivity index is 2.59. The van der Waals surface area contributed by atoms with Crippen LogP contribution in [0.1, 0.15) is 27.9 Å². The van der Waals surface area contributed by atoms with Crippen molar-refractivity contribution in [3.63, 3.8) is 0 Å². The van der Waals surface area contributed by atoms with Crippen molar-refractivity contribution < 1.29 is 19.0 Å². The summed E-state index contributed by atoms with van der Waals surface area (Å²) in [7, 11) is 3.25. The third-order valence-corrected chi connectivity index (χ3v) is 2.95. The molecule has 0 aromatic heterocycles. The molecular weight excluding hydrogens is 244 g/mol. The molecule has 0 aliphatic rings. The van der Waals surface area contributed by atoms with Gasteiger partial charge in [0.15, 0.2) is 5.78 Å². The predicted molar refractivity (Wildman–Crippen MR) is 74.1 cm³/mol. The first-order chi connectivity index (χ1) is 9.10. The van der Waals surface area contributed by atoms with Crippen LogP contribution >= 0.6 is 0 Å². The second kappa shape index (κ2) is 7.92. The number of hydrogen-bond donors (Lipinski definition) is 0. The number of Topliss-reactive ketones (excluding diaryl/α,β-unsaturated/α-hetero) is 1. The molecule has 0 atom stereocenters. The summed E-state index contributed by atoms with van der Waals surface area (Å²) in [5, 5.41) is 0. The first kappa shape index (κ1) is 15.7. The van der Waals surface area contributed by atoms with Crippen molar-refractivity contribution in [2.24, 2.45) is 0 Å². The van der Waals surface area contributed by atoms with Gasteiger partial charge in [-0.1, -0.05) is 0 Å². The summed E-state index contributed by atoms with van der Waals surface area (Å²) < 4.78 is 15.4. The number of ether oxygens (including phenoxy) is 3. The van der Waals surface area contributed by atoms with E-state index in [1.165, 1.54) is 0 Å². The van der Waals surface area contributed by atoms with E-state index in [1.807, 2.05) is 26.0 Å². The maximum absolute atomic E-state index is 12.1. The predicted octanol–water partition coefficient (Wildman–Crippen LogP) is 2.55. The monoisotopic (exact) mass is 266 g/mol. The highest BCUT2D eigenvalue weighted by Gasteiger charge is 2.12. The number of carbonyl (C=O) groups is 1. The molecule has 0 aliphatic carbocycles. The molecule has 0 saturated carbocycles. The van der Waals surface area contributed by atoms with Gasteiger partial charge in [0.1, 0.15) is 5.75 Å². The fourth-order valence-electron chi connectivity index (χ4n) is 1.85. The Morgan fingerprint density at radius 3 is 2.42 bits per heavy atom. The summed E-state index contributed by atoms with van der Waals surface area (Å²) in [6.45, 7) is 5.34. The largest absolute Gasteiger partial charge is 0.496 e. The van der Waals surface area contributed by atoms with Gasteiger partial charge in [-0.15, -0.1) is 0 Å². The van der Waals surface area contributed by atoms with Gasteiger partial charge >= 0.3 is 0 Å². The molecule has 0 unspecified atom stereocenters. The van der Waals surface area contributed by atoms with Crippen LogP contribution in [0.5, 0.6) is 5.75 Å². The van der Waals surface area contributed by atoms with Crippen LogP contribution in [0.4, 0.5) is 0 Å². The van der Waals surface area contributed by atoms with E-state index in [1.54, 1.807) is 14.2 Å². The summed E-state index contributed by atoms with van der Waals surface area (Å²) in [5.74, 6) is 0.908. The van der Waals surface area contributed by atoms with Gasteiger partial charge in [-0.2, -0.15) is 0 Å². The molecule has 0 saturated heterocycles. The van der Waals surface area contributed by atoms with Crippen LogP contribution < -0.4 is 4.74 Å². The quantitative estimate of drug-likeness (QED) is 0.536. The zero-order chi connectivity index (χ0) is 14.3. The van der Waals surface area contributed by atoms with Gasteiger partial charge in [0.2, 0.25) is 0 Å². The molecular formula is C15H22O4. The lowest BCUT2D eigenvalue weighted by atomic mass is 9.99. The molecule has 0 aliphatic heterocycles. The third kappa shape index (κ3) is 4.65. The normalized spacial score (nSPS) is 10.5. The van der Waals surface area contributed by atoms with Crippen molar-refractivity contribution in [2.45, 2.75) is 20.3 Å². The second-order valence-corrected chi connectivity index (χ2v) is 4.42. The summed E-state index contributed by atoms with van der Waals surface area (Å²) in [5.41, 5.74) is 2.65. The van der Waals surface area contributed by atoms with Crippen molar-refractivity contribution in [1.82, 2.24) is 0 Å². The Bertz CT molecular complexity index is 426. The van der Waals surface area contributed by atoms with E-state index in [4.69, 9.17) is 14.2 Å². The Morgan fingerprint density at radius 1 is 1.05 bits per heavy atom. The van der Waals surface area contributed by atoms with E-state index in [2.05, 4.69) is 0 Å². The topological polar surface area (TPSA) is 44.8 Å². The highest BCUT2D eigenvalue weighted by atomic mass is 16.5. The standard InChI is InChI=1S/C15H22O4/c1-11-10-15(18-4)12(2)9-13(11)14(16)5-6-19-8-7-17-3/h9-10H,5-8H2,1-4H3. The molecule has 1 rings (SSSR count). The van der Waals surface area contributed by atoms with Gasteiger partial charge in [-0.05, 0) is 37.1 Å². The van der Waals surface area contributed by atoms with E-state index in [9.17, 15) is 4.79 Å². The fraction of sp³-hybridized carbons (Fsp3) is 0.533. The maximum atomic E-state index is 12.1. The summed E-state index contributed by atoms with van der Waals surface area (Å²) >= 11 is 0. The lowest BCUT2D eigenvalue weighted by Gasteiger charge is -2.10. The maximum Gasteiger partial charge on any atom is 0.165 e. The molecule has 0 radical (unpaired) electrons. The Labute approximate surface area is 114 Å². The highest BCUT2D eigenvalue weighted by Crippen LogP contribution is 2.23. The zero-order valence-corrected chi connectivity index (χ0v) is 12.1. The number of hydrogen-bond acceptors (Lipinski definition) is 4. The van der Waals surface area contributed by atoms with Gasteiger partial charge in [-0.25, -0.2) is 0 Å². The molecule has 106 valence electrons. The molecule has 0 bridgehead atoms. The van der Waals surface area contributed by atoms with Crippen LogP contribution in [-0.4, -0.2) is 39.8 Å². The number of carbonyl (C=O) groups excluding carboxylic acids is 1. The first-order valence-corrected chi connectivity index (χ1v) is 6.35. The first-order valence-electron chi connectivity index (χ1n) is 6.35. The SMILES string of the molecule is COCCOCCC(=O)c1cc(C)c(OC)cc1C. The van der Waals surface area contributed by atoms with Crippen molar-refractivity contribution in [2.75, 3.05) is 34.0 Å². The third-order valence-electron chi connectivity index (χ3n) is 2.95. The highest BCUT2D eigenvalue weighted by molar-refractivity contribution is 5.97. The van der Waals surface area contributed by atoms with Gasteiger partial charge in [0.05, 0.1) is 26.9 Å². The van der Waals surface area contributed by atoms with Crippen molar-refractivity contribution in [3.05, 3.63) is 28.8 Å². The average Bonchev–Trinajstić information content (AvgIpc) is 2.40. The van der Waals surface area contributed by atoms with E-state index in [0.29, 0.717) is 26.2 Å². The van der Waals surface area contributed by atoms with Crippen LogP contribution in [0.25, 0.3) is 0 Å². The van der Waals surface area contributed by atoms with E-state index >= 15 is 0 Å². The lowest BCUT2D eigenvalue weighted by molar-refractivity contribution is 0.0641. The Kier molecular flexibility index (Phi) is 6.53. The van der Waals surface area contributed by atoms with Crippen LogP contribution in [-0.2, 0) is 9.47 Å².